The molecule has 2 amide bonds. The van der Waals surface area contributed by atoms with Crippen molar-refractivity contribution in [3.8, 4) is 0 Å². The van der Waals surface area contributed by atoms with Crippen molar-refractivity contribution in [1.29, 1.82) is 0 Å². The molecule has 4 nitrogen and oxygen atoms in total. The molecule has 0 radical (unpaired) electrons. The zero-order valence-electron chi connectivity index (χ0n) is 10.7. The van der Waals surface area contributed by atoms with Crippen LogP contribution in [0.5, 0.6) is 0 Å². The van der Waals surface area contributed by atoms with E-state index < -0.39 is 0 Å². The summed E-state index contributed by atoms with van der Waals surface area (Å²) >= 11 is 0. The van der Waals surface area contributed by atoms with Crippen LogP contribution in [0.1, 0.15) is 39.5 Å². The molecule has 0 aromatic heterocycles. The molecular formula is C13H22N2O2. The first-order chi connectivity index (χ1) is 7.98. The third kappa shape index (κ3) is 4.02. The maximum atomic E-state index is 11.5. The molecule has 2 N–H and O–H groups in total. The molecule has 0 aromatic rings. The Bertz CT molecular complexity index is 287. The van der Waals surface area contributed by atoms with Gasteiger partial charge < -0.3 is 10.6 Å². The molecule has 2 fully saturated rings. The maximum absolute atomic E-state index is 11.5. The van der Waals surface area contributed by atoms with Crippen molar-refractivity contribution < 1.29 is 9.59 Å². The van der Waals surface area contributed by atoms with E-state index in [0.29, 0.717) is 13.1 Å². The summed E-state index contributed by atoms with van der Waals surface area (Å²) < 4.78 is 0. The van der Waals surface area contributed by atoms with Gasteiger partial charge in [0, 0.05) is 24.9 Å². The molecule has 2 aliphatic carbocycles. The van der Waals surface area contributed by atoms with E-state index >= 15 is 0 Å². The molecule has 0 aromatic carbocycles. The van der Waals surface area contributed by atoms with Gasteiger partial charge in [-0.3, -0.25) is 9.59 Å². The van der Waals surface area contributed by atoms with Gasteiger partial charge in [0.15, 0.2) is 0 Å². The highest BCUT2D eigenvalue weighted by Crippen LogP contribution is 2.30. The van der Waals surface area contributed by atoms with E-state index in [4.69, 9.17) is 0 Å². The predicted octanol–water partition coefficient (Wildman–Crippen LogP) is 1.06. The van der Waals surface area contributed by atoms with Gasteiger partial charge in [-0.25, -0.2) is 0 Å². The van der Waals surface area contributed by atoms with Crippen molar-refractivity contribution >= 4 is 11.8 Å². The van der Waals surface area contributed by atoms with Crippen molar-refractivity contribution in [2.45, 2.75) is 39.5 Å². The average Bonchev–Trinajstić information content (AvgIpc) is 3.14. The van der Waals surface area contributed by atoms with Crippen LogP contribution < -0.4 is 10.6 Å². The Morgan fingerprint density at radius 3 is 1.59 bits per heavy atom. The van der Waals surface area contributed by atoms with Crippen molar-refractivity contribution in [1.82, 2.24) is 10.6 Å². The van der Waals surface area contributed by atoms with Crippen LogP contribution in [0.3, 0.4) is 0 Å². The summed E-state index contributed by atoms with van der Waals surface area (Å²) in [5.74, 6) is 0.858. The second kappa shape index (κ2) is 4.67. The minimum Gasteiger partial charge on any atom is -0.355 e. The monoisotopic (exact) mass is 238 g/mol. The third-order valence-electron chi connectivity index (χ3n) is 3.38. The van der Waals surface area contributed by atoms with Crippen molar-refractivity contribution in [3.63, 3.8) is 0 Å². The Labute approximate surface area is 103 Å². The van der Waals surface area contributed by atoms with E-state index in [1.807, 2.05) is 0 Å². The number of nitrogens with one attached hydrogen (secondary N) is 2. The lowest BCUT2D eigenvalue weighted by Gasteiger charge is -2.25. The second-order valence-corrected chi connectivity index (χ2v) is 6.15. The standard InChI is InChI=1S/C13H22N2O2/c1-13(2,7-14-11(16)9-3-4-9)8-15-12(17)10-5-6-10/h9-10H,3-8H2,1-2H3,(H,14,16)(H,15,17). The third-order valence-corrected chi connectivity index (χ3v) is 3.38. The molecular weight excluding hydrogens is 216 g/mol. The fourth-order valence-electron chi connectivity index (χ4n) is 1.70. The maximum Gasteiger partial charge on any atom is 0.223 e. The van der Waals surface area contributed by atoms with Crippen LogP contribution in [0.25, 0.3) is 0 Å². The highest BCUT2D eigenvalue weighted by atomic mass is 16.2. The van der Waals surface area contributed by atoms with Crippen molar-refractivity contribution in [2.75, 3.05) is 13.1 Å². The zero-order chi connectivity index (χ0) is 12.5. The van der Waals surface area contributed by atoms with Crippen LogP contribution in [0, 0.1) is 17.3 Å². The molecule has 0 bridgehead atoms. The predicted molar refractivity (Wildman–Crippen MR) is 65.2 cm³/mol. The van der Waals surface area contributed by atoms with Crippen molar-refractivity contribution in [2.24, 2.45) is 17.3 Å². The Morgan fingerprint density at radius 2 is 1.29 bits per heavy atom. The summed E-state index contributed by atoms with van der Waals surface area (Å²) in [7, 11) is 0. The molecule has 96 valence electrons. The van der Waals surface area contributed by atoms with Gasteiger partial charge in [-0.15, -0.1) is 0 Å². The van der Waals surface area contributed by atoms with Crippen LogP contribution in [-0.2, 0) is 9.59 Å². The number of rotatable bonds is 6. The van der Waals surface area contributed by atoms with Gasteiger partial charge in [0.25, 0.3) is 0 Å². The minimum atomic E-state index is -0.0743. The van der Waals surface area contributed by atoms with Crippen LogP contribution in [0.15, 0.2) is 0 Å². The molecule has 0 heterocycles. The Kier molecular flexibility index (Phi) is 3.40. The van der Waals surface area contributed by atoms with E-state index in [9.17, 15) is 9.59 Å². The summed E-state index contributed by atoms with van der Waals surface area (Å²) in [5, 5.41) is 5.93. The smallest absolute Gasteiger partial charge is 0.223 e. The van der Waals surface area contributed by atoms with Gasteiger partial charge in [-0.1, -0.05) is 13.8 Å². The SMILES string of the molecule is CC(C)(CNC(=O)C1CC1)CNC(=O)C1CC1. The lowest BCUT2D eigenvalue weighted by atomic mass is 9.93. The van der Waals surface area contributed by atoms with Crippen LogP contribution in [-0.4, -0.2) is 24.9 Å². The largest absolute Gasteiger partial charge is 0.355 e. The lowest BCUT2D eigenvalue weighted by molar-refractivity contribution is -0.122. The number of carbonyl (C=O) groups is 2. The summed E-state index contributed by atoms with van der Waals surface area (Å²) in [6.45, 7) is 5.39. The topological polar surface area (TPSA) is 58.2 Å². The van der Waals surface area contributed by atoms with E-state index in [-0.39, 0.29) is 29.1 Å². The number of carbonyl (C=O) groups excluding carboxylic acids is 2. The van der Waals surface area contributed by atoms with Crippen LogP contribution in [0.4, 0.5) is 0 Å². The molecule has 0 saturated heterocycles. The highest BCUT2D eigenvalue weighted by molar-refractivity contribution is 5.81. The molecule has 17 heavy (non-hydrogen) atoms. The Balaban J connectivity index is 1.65. The normalized spacial score (nSPS) is 19.9. The zero-order valence-corrected chi connectivity index (χ0v) is 10.7. The molecule has 0 aliphatic heterocycles. The van der Waals surface area contributed by atoms with Crippen LogP contribution >= 0.6 is 0 Å². The summed E-state index contributed by atoms with van der Waals surface area (Å²) in [4.78, 5) is 23.0. The number of hydrogen-bond donors (Lipinski definition) is 2. The van der Waals surface area contributed by atoms with E-state index in [2.05, 4.69) is 24.5 Å². The molecule has 2 aliphatic rings. The van der Waals surface area contributed by atoms with E-state index in [0.717, 1.165) is 25.7 Å². The Morgan fingerprint density at radius 1 is 0.941 bits per heavy atom. The van der Waals surface area contributed by atoms with E-state index in [1.165, 1.54) is 0 Å². The van der Waals surface area contributed by atoms with Crippen LogP contribution in [0.2, 0.25) is 0 Å². The first-order valence-electron chi connectivity index (χ1n) is 6.53. The molecule has 2 rings (SSSR count). The second-order valence-electron chi connectivity index (χ2n) is 6.15. The number of amides is 2. The molecule has 0 atom stereocenters. The summed E-state index contributed by atoms with van der Waals surface area (Å²) in [6.07, 6.45) is 4.13. The highest BCUT2D eigenvalue weighted by Gasteiger charge is 2.32. The van der Waals surface area contributed by atoms with E-state index in [1.54, 1.807) is 0 Å². The van der Waals surface area contributed by atoms with Gasteiger partial charge in [-0.2, -0.15) is 0 Å². The van der Waals surface area contributed by atoms with Gasteiger partial charge in [0.2, 0.25) is 11.8 Å². The fourth-order valence-corrected chi connectivity index (χ4v) is 1.70. The molecule has 4 heteroatoms. The van der Waals surface area contributed by atoms with Crippen molar-refractivity contribution in [3.05, 3.63) is 0 Å². The Hall–Kier alpha value is -1.06. The van der Waals surface area contributed by atoms with Gasteiger partial charge in [0.1, 0.15) is 0 Å². The lowest BCUT2D eigenvalue weighted by Crippen LogP contribution is -2.42. The molecule has 2 saturated carbocycles. The average molecular weight is 238 g/mol. The summed E-state index contributed by atoms with van der Waals surface area (Å²) in [6, 6.07) is 0. The molecule has 0 spiro atoms. The quantitative estimate of drug-likeness (QED) is 0.727. The minimum absolute atomic E-state index is 0.0743. The van der Waals surface area contributed by atoms with Gasteiger partial charge >= 0.3 is 0 Å². The fraction of sp³-hybridized carbons (Fsp3) is 0.846. The first kappa shape index (κ1) is 12.4. The summed E-state index contributed by atoms with van der Waals surface area (Å²) in [5.41, 5.74) is -0.0743. The number of hydrogen-bond acceptors (Lipinski definition) is 2. The molecule has 0 unspecified atom stereocenters. The first-order valence-corrected chi connectivity index (χ1v) is 6.53. The van der Waals surface area contributed by atoms with Gasteiger partial charge in [-0.05, 0) is 31.1 Å². The van der Waals surface area contributed by atoms with Gasteiger partial charge in [0.05, 0.1) is 0 Å².